The normalized spacial score (nSPS) is 19.7. The van der Waals surface area contributed by atoms with Crippen molar-refractivity contribution in [3.05, 3.63) is 29.8 Å². The number of methoxy groups -OCH3 is 1. The summed E-state index contributed by atoms with van der Waals surface area (Å²) in [7, 11) is 1.59. The summed E-state index contributed by atoms with van der Waals surface area (Å²) in [5.74, 6) is 0.924. The van der Waals surface area contributed by atoms with E-state index in [0.29, 0.717) is 0 Å². The zero-order chi connectivity index (χ0) is 10.8. The molecule has 1 heterocycles. The molecular weight excluding hydrogens is 194 g/mol. The van der Waals surface area contributed by atoms with Gasteiger partial charge in [-0.1, -0.05) is 12.1 Å². The molecule has 1 aromatic carbocycles. The molecule has 1 aliphatic heterocycles. The van der Waals surface area contributed by atoms with Gasteiger partial charge in [-0.25, -0.2) is 4.79 Å². The van der Waals surface area contributed by atoms with Crippen molar-refractivity contribution < 1.29 is 9.53 Å². The van der Waals surface area contributed by atoms with Crippen molar-refractivity contribution >= 4 is 11.9 Å². The van der Waals surface area contributed by atoms with Gasteiger partial charge in [-0.3, -0.25) is 10.7 Å². The van der Waals surface area contributed by atoms with Gasteiger partial charge in [0, 0.05) is 0 Å². The molecule has 0 spiro atoms. The number of amides is 2. The van der Waals surface area contributed by atoms with Crippen molar-refractivity contribution in [2.45, 2.75) is 6.04 Å². The molecule has 0 radical (unpaired) electrons. The minimum atomic E-state index is -0.372. The van der Waals surface area contributed by atoms with E-state index in [4.69, 9.17) is 10.1 Å². The van der Waals surface area contributed by atoms with Gasteiger partial charge in [-0.15, -0.1) is 0 Å². The van der Waals surface area contributed by atoms with Gasteiger partial charge in [0.1, 0.15) is 17.6 Å². The predicted octanol–water partition coefficient (Wildman–Crippen LogP) is 1.03. The molecule has 2 rings (SSSR count). The van der Waals surface area contributed by atoms with E-state index < -0.39 is 0 Å². The van der Waals surface area contributed by atoms with Gasteiger partial charge in [0.15, 0.2) is 0 Å². The number of nitrogens with one attached hydrogen (secondary N) is 3. The Kier molecular flexibility index (Phi) is 2.29. The lowest BCUT2D eigenvalue weighted by atomic mass is 10.1. The molecule has 0 aromatic heterocycles. The molecule has 1 fully saturated rings. The highest BCUT2D eigenvalue weighted by atomic mass is 16.5. The van der Waals surface area contributed by atoms with Crippen LogP contribution in [0.3, 0.4) is 0 Å². The van der Waals surface area contributed by atoms with Crippen LogP contribution < -0.4 is 15.4 Å². The first kappa shape index (κ1) is 9.51. The van der Waals surface area contributed by atoms with Gasteiger partial charge >= 0.3 is 6.03 Å². The molecule has 5 heteroatoms. The maximum absolute atomic E-state index is 11.0. The molecule has 15 heavy (non-hydrogen) atoms. The van der Waals surface area contributed by atoms with Crippen molar-refractivity contribution in [2.24, 2.45) is 0 Å². The zero-order valence-electron chi connectivity index (χ0n) is 8.20. The van der Waals surface area contributed by atoms with Crippen molar-refractivity contribution in [1.29, 1.82) is 5.41 Å². The van der Waals surface area contributed by atoms with Gasteiger partial charge in [0.05, 0.1) is 7.11 Å². The highest BCUT2D eigenvalue weighted by Gasteiger charge is 2.27. The lowest BCUT2D eigenvalue weighted by Gasteiger charge is -2.09. The molecule has 3 N–H and O–H groups in total. The Labute approximate surface area is 86.9 Å². The van der Waals surface area contributed by atoms with Gasteiger partial charge in [-0.2, -0.15) is 0 Å². The molecule has 1 aliphatic rings. The molecule has 0 saturated carbocycles. The minimum Gasteiger partial charge on any atom is -0.497 e. The number of urea groups is 1. The van der Waals surface area contributed by atoms with E-state index in [9.17, 15) is 4.79 Å². The van der Waals surface area contributed by atoms with Gasteiger partial charge in [-0.05, 0) is 17.7 Å². The summed E-state index contributed by atoms with van der Waals surface area (Å²) in [5.41, 5.74) is 0.860. The van der Waals surface area contributed by atoms with Crippen LogP contribution in [0.5, 0.6) is 5.75 Å². The van der Waals surface area contributed by atoms with Crippen molar-refractivity contribution in [2.75, 3.05) is 7.11 Å². The highest BCUT2D eigenvalue weighted by Crippen LogP contribution is 2.19. The predicted molar refractivity (Wildman–Crippen MR) is 55.1 cm³/mol. The fraction of sp³-hybridized carbons (Fsp3) is 0.200. The topological polar surface area (TPSA) is 74.2 Å². The van der Waals surface area contributed by atoms with Crippen LogP contribution in [0.15, 0.2) is 24.3 Å². The Hall–Kier alpha value is -2.04. The van der Waals surface area contributed by atoms with Crippen LogP contribution in [0.2, 0.25) is 0 Å². The summed E-state index contributed by atoms with van der Waals surface area (Å²) in [6, 6.07) is 6.54. The third kappa shape index (κ3) is 1.76. The number of hydrogen-bond donors (Lipinski definition) is 3. The van der Waals surface area contributed by atoms with Gasteiger partial charge < -0.3 is 10.1 Å². The summed E-state index contributed by atoms with van der Waals surface area (Å²) in [5, 5.41) is 12.6. The van der Waals surface area contributed by atoms with E-state index in [1.807, 2.05) is 12.1 Å². The third-order valence-corrected chi connectivity index (χ3v) is 2.26. The average molecular weight is 205 g/mol. The van der Waals surface area contributed by atoms with Gasteiger partial charge in [0.2, 0.25) is 0 Å². The first-order chi connectivity index (χ1) is 7.20. The van der Waals surface area contributed by atoms with Crippen LogP contribution in [0.25, 0.3) is 0 Å². The van der Waals surface area contributed by atoms with Crippen molar-refractivity contribution in [3.8, 4) is 5.75 Å². The Morgan fingerprint density at radius 3 is 2.47 bits per heavy atom. The van der Waals surface area contributed by atoms with Crippen LogP contribution in [-0.4, -0.2) is 19.0 Å². The summed E-state index contributed by atoms with van der Waals surface area (Å²) in [4.78, 5) is 11.0. The summed E-state index contributed by atoms with van der Waals surface area (Å²) in [6.07, 6.45) is 0. The maximum atomic E-state index is 11.0. The second-order valence-electron chi connectivity index (χ2n) is 3.22. The number of carbonyl (C=O) groups is 1. The van der Waals surface area contributed by atoms with Crippen LogP contribution in [0.1, 0.15) is 11.6 Å². The van der Waals surface area contributed by atoms with Crippen molar-refractivity contribution in [1.82, 2.24) is 10.6 Å². The lowest BCUT2D eigenvalue weighted by Crippen LogP contribution is -2.22. The Balaban J connectivity index is 2.22. The SMILES string of the molecule is COc1ccc(C2NC(=O)NC2=N)cc1. The van der Waals surface area contributed by atoms with Crippen LogP contribution in [0.4, 0.5) is 4.79 Å². The van der Waals surface area contributed by atoms with E-state index in [1.165, 1.54) is 0 Å². The van der Waals surface area contributed by atoms with Crippen molar-refractivity contribution in [3.63, 3.8) is 0 Å². The van der Waals surface area contributed by atoms with E-state index in [1.54, 1.807) is 19.2 Å². The third-order valence-electron chi connectivity index (χ3n) is 2.26. The summed E-state index contributed by atoms with van der Waals surface area (Å²) >= 11 is 0. The molecule has 2 amide bonds. The second kappa shape index (κ2) is 3.61. The molecule has 1 unspecified atom stereocenters. The standard InChI is InChI=1S/C10H11N3O2/c1-15-7-4-2-6(3-5-7)8-9(11)13-10(14)12-8/h2-5,8H,1H3,(H3,11,12,13,14). The zero-order valence-corrected chi connectivity index (χ0v) is 8.20. The molecule has 78 valence electrons. The highest BCUT2D eigenvalue weighted by molar-refractivity contribution is 6.05. The largest absolute Gasteiger partial charge is 0.497 e. The quantitative estimate of drug-likeness (QED) is 0.674. The fourth-order valence-corrected chi connectivity index (χ4v) is 1.48. The first-order valence-corrected chi connectivity index (χ1v) is 4.50. The summed E-state index contributed by atoms with van der Waals surface area (Å²) < 4.78 is 5.02. The Morgan fingerprint density at radius 2 is 2.00 bits per heavy atom. The molecule has 0 bridgehead atoms. The van der Waals surface area contributed by atoms with E-state index in [0.717, 1.165) is 11.3 Å². The van der Waals surface area contributed by atoms with E-state index >= 15 is 0 Å². The Bertz CT molecular complexity index is 400. The number of carbonyl (C=O) groups excluding carboxylic acids is 1. The van der Waals surface area contributed by atoms with E-state index in [-0.39, 0.29) is 17.9 Å². The number of amidine groups is 1. The molecular formula is C10H11N3O2. The summed E-state index contributed by atoms with van der Waals surface area (Å²) in [6.45, 7) is 0. The smallest absolute Gasteiger partial charge is 0.321 e. The van der Waals surface area contributed by atoms with E-state index in [2.05, 4.69) is 10.6 Å². The van der Waals surface area contributed by atoms with Crippen LogP contribution in [-0.2, 0) is 0 Å². The fourth-order valence-electron chi connectivity index (χ4n) is 1.48. The van der Waals surface area contributed by atoms with Gasteiger partial charge in [0.25, 0.3) is 0 Å². The number of hydrogen-bond acceptors (Lipinski definition) is 3. The van der Waals surface area contributed by atoms with Crippen LogP contribution in [0, 0.1) is 5.41 Å². The lowest BCUT2D eigenvalue weighted by molar-refractivity contribution is 0.248. The molecule has 0 aliphatic carbocycles. The number of ether oxygens (including phenoxy) is 1. The molecule has 1 aromatic rings. The minimum absolute atomic E-state index is 0.171. The number of benzene rings is 1. The monoisotopic (exact) mass is 205 g/mol. The first-order valence-electron chi connectivity index (χ1n) is 4.50. The maximum Gasteiger partial charge on any atom is 0.321 e. The van der Waals surface area contributed by atoms with Crippen LogP contribution >= 0.6 is 0 Å². The molecule has 1 saturated heterocycles. The molecule has 5 nitrogen and oxygen atoms in total. The Morgan fingerprint density at radius 1 is 1.33 bits per heavy atom. The average Bonchev–Trinajstić information content (AvgIpc) is 2.58. The number of rotatable bonds is 2. The molecule has 1 atom stereocenters. The second-order valence-corrected chi connectivity index (χ2v) is 3.22.